The lowest BCUT2D eigenvalue weighted by atomic mass is 10.3. The number of nitriles is 1. The average Bonchev–Trinajstić information content (AvgIpc) is 2.88. The molecule has 9 heteroatoms. The van der Waals surface area contributed by atoms with Crippen molar-refractivity contribution in [2.75, 3.05) is 25.1 Å². The average molecular weight is 288 g/mol. The van der Waals surface area contributed by atoms with Crippen LogP contribution in [0.4, 0.5) is 5.82 Å². The lowest BCUT2D eigenvalue weighted by Gasteiger charge is -2.28. The molecule has 0 radical (unpaired) electrons. The summed E-state index contributed by atoms with van der Waals surface area (Å²) in [5, 5.41) is 13.9. The van der Waals surface area contributed by atoms with Gasteiger partial charge in [0.2, 0.25) is 0 Å². The van der Waals surface area contributed by atoms with Gasteiger partial charge < -0.3 is 10.2 Å². The molecule has 9 nitrogen and oxygen atoms in total. The first kappa shape index (κ1) is 13.7. The number of rotatable bonds is 3. The smallest absolute Gasteiger partial charge is 0.163 e. The van der Waals surface area contributed by atoms with Crippen molar-refractivity contribution in [1.29, 1.82) is 5.26 Å². The molecule has 1 fully saturated rings. The summed E-state index contributed by atoms with van der Waals surface area (Å²) in [6.07, 6.45) is 1.28. The first-order valence-electron chi connectivity index (χ1n) is 6.60. The van der Waals surface area contributed by atoms with Gasteiger partial charge in [-0.1, -0.05) is 0 Å². The van der Waals surface area contributed by atoms with Gasteiger partial charge in [0.25, 0.3) is 0 Å². The lowest BCUT2D eigenvalue weighted by Crippen LogP contribution is -2.41. The maximum atomic E-state index is 8.94. The molecule has 0 bridgehead atoms. The second kappa shape index (κ2) is 5.61. The number of fused-ring (bicyclic) bond motifs is 1. The van der Waals surface area contributed by atoms with E-state index in [2.05, 4.69) is 31.5 Å². The van der Waals surface area contributed by atoms with E-state index in [1.165, 1.54) is 0 Å². The van der Waals surface area contributed by atoms with Crippen LogP contribution in [0.25, 0.3) is 11.0 Å². The van der Waals surface area contributed by atoms with E-state index in [4.69, 9.17) is 15.8 Å². The van der Waals surface area contributed by atoms with E-state index >= 15 is 0 Å². The molecule has 3 heterocycles. The van der Waals surface area contributed by atoms with Gasteiger partial charge in [-0.25, -0.2) is 15.8 Å². The van der Waals surface area contributed by atoms with Gasteiger partial charge in [-0.2, -0.15) is 10.4 Å². The Morgan fingerprint density at radius 1 is 1.57 bits per heavy atom. The van der Waals surface area contributed by atoms with Crippen LogP contribution in [0.3, 0.4) is 0 Å². The minimum absolute atomic E-state index is 0.397. The van der Waals surface area contributed by atoms with Gasteiger partial charge in [0.15, 0.2) is 17.6 Å². The summed E-state index contributed by atoms with van der Waals surface area (Å²) in [7, 11) is 1.82. The molecule has 0 aliphatic carbocycles. The van der Waals surface area contributed by atoms with Crippen LogP contribution in [-0.4, -0.2) is 50.4 Å². The van der Waals surface area contributed by atoms with Crippen LogP contribution in [0.5, 0.6) is 0 Å². The van der Waals surface area contributed by atoms with Gasteiger partial charge in [-0.15, -0.1) is 0 Å². The van der Waals surface area contributed by atoms with Gasteiger partial charge in [-0.05, 0) is 0 Å². The van der Waals surface area contributed by atoms with E-state index in [-0.39, 0.29) is 0 Å². The van der Waals surface area contributed by atoms with E-state index < -0.39 is 6.10 Å². The van der Waals surface area contributed by atoms with Crippen LogP contribution in [-0.2, 0) is 18.3 Å². The topological polar surface area (TPSA) is 118 Å². The molecular weight excluding hydrogens is 272 g/mol. The summed E-state index contributed by atoms with van der Waals surface area (Å²) >= 11 is 0. The van der Waals surface area contributed by atoms with Crippen molar-refractivity contribution in [3.8, 4) is 6.07 Å². The highest BCUT2D eigenvalue weighted by atomic mass is 16.5. The van der Waals surface area contributed by atoms with Gasteiger partial charge in [0, 0.05) is 20.1 Å². The Morgan fingerprint density at radius 3 is 3.19 bits per heavy atom. The SMILES string of the molecule is Cn1ncc2c(NN)nc(CN3CCOC(C#N)C3)nc21. The molecule has 3 rings (SSSR count). The number of aromatic nitrogens is 4. The van der Waals surface area contributed by atoms with Crippen LogP contribution in [0.2, 0.25) is 0 Å². The molecule has 0 saturated carbocycles. The van der Waals surface area contributed by atoms with Crippen molar-refractivity contribution < 1.29 is 4.74 Å². The lowest BCUT2D eigenvalue weighted by molar-refractivity contribution is -0.00354. The van der Waals surface area contributed by atoms with Crippen molar-refractivity contribution >= 4 is 16.9 Å². The third-order valence-electron chi connectivity index (χ3n) is 3.43. The number of anilines is 1. The number of morpholine rings is 1. The Hall–Kier alpha value is -2.28. The number of hydrogen-bond donors (Lipinski definition) is 2. The zero-order valence-corrected chi connectivity index (χ0v) is 11.7. The van der Waals surface area contributed by atoms with Crippen molar-refractivity contribution in [2.45, 2.75) is 12.6 Å². The quantitative estimate of drug-likeness (QED) is 0.566. The van der Waals surface area contributed by atoms with Crippen molar-refractivity contribution in [3.63, 3.8) is 0 Å². The Kier molecular flexibility index (Phi) is 3.66. The zero-order chi connectivity index (χ0) is 14.8. The zero-order valence-electron chi connectivity index (χ0n) is 11.7. The third kappa shape index (κ3) is 2.64. The molecule has 1 atom stereocenters. The molecular formula is C12H16N8O. The number of nitrogen functional groups attached to an aromatic ring is 1. The van der Waals surface area contributed by atoms with Gasteiger partial charge in [0.05, 0.1) is 30.8 Å². The van der Waals surface area contributed by atoms with E-state index in [9.17, 15) is 0 Å². The summed E-state index contributed by atoms with van der Waals surface area (Å²) in [4.78, 5) is 11.0. The first-order chi connectivity index (χ1) is 10.2. The Labute approximate surface area is 121 Å². The molecule has 21 heavy (non-hydrogen) atoms. The van der Waals surface area contributed by atoms with Crippen molar-refractivity contribution in [1.82, 2.24) is 24.6 Å². The monoisotopic (exact) mass is 288 g/mol. The summed E-state index contributed by atoms with van der Waals surface area (Å²) in [5.74, 6) is 6.70. The molecule has 2 aromatic rings. The van der Waals surface area contributed by atoms with Gasteiger partial charge >= 0.3 is 0 Å². The maximum absolute atomic E-state index is 8.94. The Bertz CT molecular complexity index is 690. The van der Waals surface area contributed by atoms with E-state index in [1.54, 1.807) is 10.9 Å². The highest BCUT2D eigenvalue weighted by molar-refractivity contribution is 5.86. The normalized spacial score (nSPS) is 19.6. The minimum atomic E-state index is -0.397. The fraction of sp³-hybridized carbons (Fsp3) is 0.500. The molecule has 110 valence electrons. The van der Waals surface area contributed by atoms with Crippen molar-refractivity contribution in [3.05, 3.63) is 12.0 Å². The van der Waals surface area contributed by atoms with E-state index in [0.29, 0.717) is 31.3 Å². The molecule has 0 aromatic carbocycles. The van der Waals surface area contributed by atoms with E-state index in [0.717, 1.165) is 17.6 Å². The van der Waals surface area contributed by atoms with Crippen LogP contribution >= 0.6 is 0 Å². The predicted octanol–water partition coefficient (Wildman–Crippen LogP) is -0.627. The number of hydrazine groups is 1. The number of nitrogens with one attached hydrogen (secondary N) is 1. The van der Waals surface area contributed by atoms with Crippen LogP contribution in [0.15, 0.2) is 6.20 Å². The largest absolute Gasteiger partial charge is 0.361 e. The number of hydrogen-bond acceptors (Lipinski definition) is 8. The first-order valence-corrected chi connectivity index (χ1v) is 6.60. The van der Waals surface area contributed by atoms with Crippen LogP contribution in [0.1, 0.15) is 5.82 Å². The molecule has 0 amide bonds. The predicted molar refractivity (Wildman–Crippen MR) is 74.7 cm³/mol. The summed E-state index contributed by atoms with van der Waals surface area (Å²) in [6.45, 7) is 2.37. The standard InChI is InChI=1S/C12H16N8O/c1-19-12-9(5-15-19)11(18-14)16-10(17-12)7-20-2-3-21-8(4-13)6-20/h5,8H,2-3,6-7,14H2,1H3,(H,16,17,18). The number of nitrogens with two attached hydrogens (primary N) is 1. The number of aryl methyl sites for hydroxylation is 1. The summed E-state index contributed by atoms with van der Waals surface area (Å²) < 4.78 is 7.01. The Morgan fingerprint density at radius 2 is 2.43 bits per heavy atom. The molecule has 1 unspecified atom stereocenters. The van der Waals surface area contributed by atoms with Crippen LogP contribution in [0, 0.1) is 11.3 Å². The fourth-order valence-electron chi connectivity index (χ4n) is 2.37. The number of nitrogens with zero attached hydrogens (tertiary/aromatic N) is 6. The highest BCUT2D eigenvalue weighted by Crippen LogP contribution is 2.19. The molecule has 0 spiro atoms. The molecule has 1 aliphatic heterocycles. The third-order valence-corrected chi connectivity index (χ3v) is 3.43. The highest BCUT2D eigenvalue weighted by Gasteiger charge is 2.21. The molecule has 1 saturated heterocycles. The minimum Gasteiger partial charge on any atom is -0.361 e. The Balaban J connectivity index is 1.87. The number of ether oxygens (including phenoxy) is 1. The second-order valence-corrected chi connectivity index (χ2v) is 4.86. The molecule has 3 N–H and O–H groups in total. The molecule has 1 aliphatic rings. The second-order valence-electron chi connectivity index (χ2n) is 4.86. The fourth-order valence-corrected chi connectivity index (χ4v) is 2.37. The summed E-state index contributed by atoms with van der Waals surface area (Å²) in [5.41, 5.74) is 3.30. The molecule has 2 aromatic heterocycles. The maximum Gasteiger partial charge on any atom is 0.163 e. The van der Waals surface area contributed by atoms with E-state index in [1.807, 2.05) is 7.05 Å². The van der Waals surface area contributed by atoms with Crippen LogP contribution < -0.4 is 11.3 Å². The van der Waals surface area contributed by atoms with Crippen molar-refractivity contribution in [2.24, 2.45) is 12.9 Å². The van der Waals surface area contributed by atoms with Gasteiger partial charge in [0.1, 0.15) is 5.82 Å². The summed E-state index contributed by atoms with van der Waals surface area (Å²) in [6, 6.07) is 2.13. The van der Waals surface area contributed by atoms with Gasteiger partial charge in [-0.3, -0.25) is 9.58 Å².